The van der Waals surface area contributed by atoms with Gasteiger partial charge in [-0.2, -0.15) is 0 Å². The number of nitrogens with one attached hydrogen (secondary N) is 1. The molecule has 0 aromatic heterocycles. The molecule has 3 rings (SSSR count). The number of anilines is 1. The predicted octanol–water partition coefficient (Wildman–Crippen LogP) is 2.92. The van der Waals surface area contributed by atoms with E-state index in [-0.39, 0.29) is 0 Å². The fourth-order valence-corrected chi connectivity index (χ4v) is 2.89. The molecule has 2 fully saturated rings. The van der Waals surface area contributed by atoms with Crippen molar-refractivity contribution < 1.29 is 0 Å². The highest BCUT2D eigenvalue weighted by atomic mass is 32.1. The highest BCUT2D eigenvalue weighted by Crippen LogP contribution is 2.61. The van der Waals surface area contributed by atoms with Gasteiger partial charge in [0.05, 0.1) is 0 Å². The van der Waals surface area contributed by atoms with Crippen LogP contribution >= 0.6 is 12.2 Å². The van der Waals surface area contributed by atoms with Crippen LogP contribution in [0.2, 0.25) is 0 Å². The Hall–Kier alpha value is -1.09. The van der Waals surface area contributed by atoms with Crippen LogP contribution in [-0.2, 0) is 0 Å². The van der Waals surface area contributed by atoms with Gasteiger partial charge in [0.25, 0.3) is 0 Å². The molecule has 0 bridgehead atoms. The number of nitrogens with two attached hydrogens (primary N) is 1. The Morgan fingerprint density at radius 1 is 1.35 bits per heavy atom. The molecule has 0 saturated heterocycles. The van der Waals surface area contributed by atoms with Crippen LogP contribution < -0.4 is 11.1 Å². The molecule has 3 heteroatoms. The van der Waals surface area contributed by atoms with Crippen molar-refractivity contribution in [1.29, 1.82) is 0 Å². The Bertz CT molecular complexity index is 447. The van der Waals surface area contributed by atoms with Crippen molar-refractivity contribution in [2.24, 2.45) is 17.1 Å². The molecule has 2 aliphatic rings. The second-order valence-corrected chi connectivity index (χ2v) is 5.84. The van der Waals surface area contributed by atoms with Gasteiger partial charge in [-0.1, -0.05) is 24.4 Å². The fourth-order valence-electron chi connectivity index (χ4n) is 2.71. The molecule has 3 N–H and O–H groups in total. The largest absolute Gasteiger partial charge is 0.389 e. The van der Waals surface area contributed by atoms with Crippen molar-refractivity contribution in [1.82, 2.24) is 0 Å². The summed E-state index contributed by atoms with van der Waals surface area (Å²) in [6.45, 7) is 1.08. The van der Waals surface area contributed by atoms with E-state index in [1.165, 1.54) is 25.7 Å². The lowest BCUT2D eigenvalue weighted by Crippen LogP contribution is -2.20. The van der Waals surface area contributed by atoms with E-state index in [9.17, 15) is 0 Å². The van der Waals surface area contributed by atoms with Gasteiger partial charge in [0.1, 0.15) is 4.99 Å². The van der Waals surface area contributed by atoms with E-state index in [4.69, 9.17) is 18.0 Å². The van der Waals surface area contributed by atoms with Gasteiger partial charge in [-0.15, -0.1) is 0 Å². The normalized spacial score (nSPS) is 20.9. The van der Waals surface area contributed by atoms with E-state index in [1.54, 1.807) is 0 Å². The summed E-state index contributed by atoms with van der Waals surface area (Å²) in [6.07, 6.45) is 5.64. The summed E-state index contributed by atoms with van der Waals surface area (Å²) in [5.74, 6) is 0.979. The number of benzene rings is 1. The predicted molar refractivity (Wildman–Crippen MR) is 75.2 cm³/mol. The molecule has 0 heterocycles. The molecule has 2 saturated carbocycles. The third-order valence-corrected chi connectivity index (χ3v) is 4.38. The molecular weight excluding hydrogens is 228 g/mol. The first-order chi connectivity index (χ1) is 8.21. The summed E-state index contributed by atoms with van der Waals surface area (Å²) in [6, 6.07) is 8.06. The van der Waals surface area contributed by atoms with Crippen LogP contribution in [-0.4, -0.2) is 11.5 Å². The van der Waals surface area contributed by atoms with E-state index in [0.717, 1.165) is 23.7 Å². The first kappa shape index (κ1) is 11.0. The third kappa shape index (κ3) is 2.16. The Labute approximate surface area is 108 Å². The van der Waals surface area contributed by atoms with E-state index < -0.39 is 0 Å². The molecular formula is C14H18N2S. The molecule has 0 spiro atoms. The topological polar surface area (TPSA) is 38.0 Å². The molecule has 90 valence electrons. The monoisotopic (exact) mass is 246 g/mol. The van der Waals surface area contributed by atoms with Crippen LogP contribution in [0.15, 0.2) is 24.3 Å². The van der Waals surface area contributed by atoms with Crippen LogP contribution in [0, 0.1) is 11.3 Å². The lowest BCUT2D eigenvalue weighted by Gasteiger charge is -2.17. The Balaban J connectivity index is 1.70. The number of hydrogen-bond acceptors (Lipinski definition) is 2. The first-order valence-corrected chi connectivity index (χ1v) is 6.75. The van der Waals surface area contributed by atoms with Crippen molar-refractivity contribution in [2.75, 3.05) is 11.9 Å². The van der Waals surface area contributed by atoms with Crippen LogP contribution in [0.4, 0.5) is 5.69 Å². The Kier molecular flexibility index (Phi) is 2.58. The van der Waals surface area contributed by atoms with Gasteiger partial charge in [0, 0.05) is 17.8 Å². The second kappa shape index (κ2) is 3.98. The van der Waals surface area contributed by atoms with Gasteiger partial charge in [-0.05, 0) is 49.1 Å². The number of thiocarbonyl (C=S) groups is 1. The van der Waals surface area contributed by atoms with Gasteiger partial charge >= 0.3 is 0 Å². The minimum atomic E-state index is 0.476. The summed E-state index contributed by atoms with van der Waals surface area (Å²) in [7, 11) is 0. The van der Waals surface area contributed by atoms with Gasteiger partial charge in [0.15, 0.2) is 0 Å². The highest BCUT2D eigenvalue weighted by molar-refractivity contribution is 7.80. The lowest BCUT2D eigenvalue weighted by molar-refractivity contribution is 0.467. The maximum Gasteiger partial charge on any atom is 0.106 e. The van der Waals surface area contributed by atoms with E-state index >= 15 is 0 Å². The van der Waals surface area contributed by atoms with Gasteiger partial charge in [-0.25, -0.2) is 0 Å². The van der Waals surface area contributed by atoms with Gasteiger partial charge in [0.2, 0.25) is 0 Å². The van der Waals surface area contributed by atoms with E-state index in [1.807, 2.05) is 18.2 Å². The third-order valence-electron chi connectivity index (χ3n) is 4.16. The molecule has 0 radical (unpaired) electrons. The van der Waals surface area contributed by atoms with Gasteiger partial charge in [-0.3, -0.25) is 0 Å². The molecule has 1 aromatic rings. The summed E-state index contributed by atoms with van der Waals surface area (Å²) in [5, 5.41) is 3.55. The van der Waals surface area contributed by atoms with Crippen molar-refractivity contribution >= 4 is 22.9 Å². The molecule has 17 heavy (non-hydrogen) atoms. The zero-order chi connectivity index (χ0) is 11.9. The smallest absolute Gasteiger partial charge is 0.106 e. The van der Waals surface area contributed by atoms with Crippen molar-refractivity contribution in [3.63, 3.8) is 0 Å². The van der Waals surface area contributed by atoms with Crippen molar-refractivity contribution in [2.45, 2.75) is 25.7 Å². The van der Waals surface area contributed by atoms with Crippen molar-refractivity contribution in [3.8, 4) is 0 Å². The summed E-state index contributed by atoms with van der Waals surface area (Å²) >= 11 is 5.07. The Morgan fingerprint density at radius 2 is 2.06 bits per heavy atom. The quantitative estimate of drug-likeness (QED) is 0.785. The number of rotatable bonds is 5. The number of hydrogen-bond donors (Lipinski definition) is 2. The van der Waals surface area contributed by atoms with Crippen LogP contribution in [0.1, 0.15) is 31.2 Å². The van der Waals surface area contributed by atoms with E-state index in [0.29, 0.717) is 10.4 Å². The van der Waals surface area contributed by atoms with Crippen molar-refractivity contribution in [3.05, 3.63) is 29.8 Å². The zero-order valence-corrected chi connectivity index (χ0v) is 10.7. The summed E-state index contributed by atoms with van der Waals surface area (Å²) < 4.78 is 0. The molecule has 1 aromatic carbocycles. The molecule has 2 aliphatic carbocycles. The Morgan fingerprint density at radius 3 is 2.65 bits per heavy atom. The second-order valence-electron chi connectivity index (χ2n) is 5.40. The number of para-hydroxylation sites is 1. The first-order valence-electron chi connectivity index (χ1n) is 6.34. The molecule has 0 aliphatic heterocycles. The highest BCUT2D eigenvalue weighted by Gasteiger charge is 2.53. The maximum atomic E-state index is 5.73. The van der Waals surface area contributed by atoms with Gasteiger partial charge < -0.3 is 11.1 Å². The SMILES string of the molecule is NC(=S)c1ccccc1NCC1(C2CC2)CC1. The molecule has 0 unspecified atom stereocenters. The lowest BCUT2D eigenvalue weighted by atomic mass is 10.0. The summed E-state index contributed by atoms with van der Waals surface area (Å²) in [4.78, 5) is 0.476. The summed E-state index contributed by atoms with van der Waals surface area (Å²) in [5.41, 5.74) is 8.39. The minimum absolute atomic E-state index is 0.476. The van der Waals surface area contributed by atoms with Crippen LogP contribution in [0.5, 0.6) is 0 Å². The minimum Gasteiger partial charge on any atom is -0.389 e. The fraction of sp³-hybridized carbons (Fsp3) is 0.500. The zero-order valence-electron chi connectivity index (χ0n) is 9.91. The molecule has 2 nitrogen and oxygen atoms in total. The van der Waals surface area contributed by atoms with Crippen LogP contribution in [0.25, 0.3) is 0 Å². The van der Waals surface area contributed by atoms with Crippen LogP contribution in [0.3, 0.4) is 0 Å². The molecule has 0 atom stereocenters. The standard InChI is InChI=1S/C14H18N2S/c15-13(17)11-3-1-2-4-12(11)16-9-14(7-8-14)10-5-6-10/h1-4,10,16H,5-9H2,(H2,15,17). The maximum absolute atomic E-state index is 5.73. The molecule has 0 amide bonds. The average Bonchev–Trinajstić information content (AvgIpc) is 3.17. The van der Waals surface area contributed by atoms with E-state index in [2.05, 4.69) is 11.4 Å². The average molecular weight is 246 g/mol.